The minimum absolute atomic E-state index is 0.0238. The van der Waals surface area contributed by atoms with Crippen LogP contribution in [0.15, 0.2) is 28.7 Å². The van der Waals surface area contributed by atoms with Crippen molar-refractivity contribution in [2.24, 2.45) is 0 Å². The van der Waals surface area contributed by atoms with Crippen LogP contribution < -0.4 is 0 Å². The summed E-state index contributed by atoms with van der Waals surface area (Å²) in [6.45, 7) is 0.774. The van der Waals surface area contributed by atoms with Crippen LogP contribution in [0.3, 0.4) is 0 Å². The van der Waals surface area contributed by atoms with E-state index in [0.717, 1.165) is 29.5 Å². The Kier molecular flexibility index (Phi) is 3.21. The first-order valence-electron chi connectivity index (χ1n) is 4.82. The first-order chi connectivity index (χ1) is 6.77. The molecular formula is C11H13BrO2. The van der Waals surface area contributed by atoms with Crippen molar-refractivity contribution in [1.82, 2.24) is 0 Å². The molecule has 0 amide bonds. The van der Waals surface area contributed by atoms with E-state index in [2.05, 4.69) is 15.9 Å². The summed E-state index contributed by atoms with van der Waals surface area (Å²) in [5, 5.41) is 10.00. The second-order valence-electron chi connectivity index (χ2n) is 3.55. The van der Waals surface area contributed by atoms with E-state index in [1.54, 1.807) is 0 Å². The van der Waals surface area contributed by atoms with E-state index in [4.69, 9.17) is 4.74 Å². The van der Waals surface area contributed by atoms with Gasteiger partial charge in [0.25, 0.3) is 0 Å². The van der Waals surface area contributed by atoms with Gasteiger partial charge in [-0.15, -0.1) is 0 Å². The molecular weight excluding hydrogens is 244 g/mol. The molecule has 0 aromatic heterocycles. The van der Waals surface area contributed by atoms with Crippen molar-refractivity contribution >= 4 is 15.9 Å². The molecule has 76 valence electrons. The fraction of sp³-hybridized carbons (Fsp3) is 0.455. The lowest BCUT2D eigenvalue weighted by molar-refractivity contribution is -0.00261. The van der Waals surface area contributed by atoms with Crippen LogP contribution in [-0.2, 0) is 4.74 Å². The summed E-state index contributed by atoms with van der Waals surface area (Å²) in [7, 11) is 0. The lowest BCUT2D eigenvalue weighted by atomic mass is 10.0. The summed E-state index contributed by atoms with van der Waals surface area (Å²) in [4.78, 5) is 0. The van der Waals surface area contributed by atoms with E-state index in [9.17, 15) is 5.11 Å². The monoisotopic (exact) mass is 256 g/mol. The SMILES string of the molecule is OC(c1cccc(Br)c1)C1CCCO1. The highest BCUT2D eigenvalue weighted by Gasteiger charge is 2.25. The van der Waals surface area contributed by atoms with E-state index in [0.29, 0.717) is 0 Å². The molecule has 1 fully saturated rings. The van der Waals surface area contributed by atoms with Gasteiger partial charge in [-0.05, 0) is 30.5 Å². The van der Waals surface area contributed by atoms with Gasteiger partial charge in [-0.1, -0.05) is 28.1 Å². The van der Waals surface area contributed by atoms with E-state index in [1.165, 1.54) is 0 Å². The summed E-state index contributed by atoms with van der Waals surface area (Å²) in [6.07, 6.45) is 1.49. The molecule has 1 aliphatic heterocycles. The first kappa shape index (κ1) is 10.1. The summed E-state index contributed by atoms with van der Waals surface area (Å²) in [6, 6.07) is 7.74. The number of hydrogen-bond acceptors (Lipinski definition) is 2. The minimum atomic E-state index is -0.491. The second-order valence-corrected chi connectivity index (χ2v) is 4.47. The fourth-order valence-electron chi connectivity index (χ4n) is 1.76. The zero-order chi connectivity index (χ0) is 9.97. The quantitative estimate of drug-likeness (QED) is 0.882. The van der Waals surface area contributed by atoms with Crippen molar-refractivity contribution in [3.63, 3.8) is 0 Å². The van der Waals surface area contributed by atoms with Gasteiger partial charge in [0.1, 0.15) is 6.10 Å². The van der Waals surface area contributed by atoms with Crippen molar-refractivity contribution < 1.29 is 9.84 Å². The molecule has 1 heterocycles. The molecule has 0 aliphatic carbocycles. The van der Waals surface area contributed by atoms with Crippen LogP contribution in [0.4, 0.5) is 0 Å². The van der Waals surface area contributed by atoms with Crippen molar-refractivity contribution in [2.75, 3.05) is 6.61 Å². The summed E-state index contributed by atoms with van der Waals surface area (Å²) >= 11 is 3.39. The van der Waals surface area contributed by atoms with Gasteiger partial charge in [-0.3, -0.25) is 0 Å². The highest BCUT2D eigenvalue weighted by Crippen LogP contribution is 2.27. The van der Waals surface area contributed by atoms with Crippen LogP contribution >= 0.6 is 15.9 Å². The first-order valence-corrected chi connectivity index (χ1v) is 5.62. The molecule has 0 radical (unpaired) electrons. The van der Waals surface area contributed by atoms with Gasteiger partial charge in [0.2, 0.25) is 0 Å². The Balaban J connectivity index is 2.13. The van der Waals surface area contributed by atoms with Crippen LogP contribution in [-0.4, -0.2) is 17.8 Å². The third kappa shape index (κ3) is 2.16. The van der Waals surface area contributed by atoms with Crippen LogP contribution in [0.25, 0.3) is 0 Å². The minimum Gasteiger partial charge on any atom is -0.386 e. The van der Waals surface area contributed by atoms with Crippen molar-refractivity contribution in [3.05, 3.63) is 34.3 Å². The molecule has 2 atom stereocenters. The van der Waals surface area contributed by atoms with Gasteiger partial charge in [0.15, 0.2) is 0 Å². The molecule has 1 saturated heterocycles. The van der Waals surface area contributed by atoms with Gasteiger partial charge < -0.3 is 9.84 Å². The van der Waals surface area contributed by atoms with Gasteiger partial charge in [0.05, 0.1) is 6.10 Å². The summed E-state index contributed by atoms with van der Waals surface area (Å²) < 4.78 is 6.44. The number of rotatable bonds is 2. The maximum atomic E-state index is 10.00. The zero-order valence-electron chi connectivity index (χ0n) is 7.82. The van der Waals surface area contributed by atoms with Crippen LogP contribution in [0.1, 0.15) is 24.5 Å². The molecule has 2 rings (SSSR count). The molecule has 0 saturated carbocycles. The Labute approximate surface area is 92.0 Å². The zero-order valence-corrected chi connectivity index (χ0v) is 9.40. The molecule has 1 N–H and O–H groups in total. The van der Waals surface area contributed by atoms with E-state index >= 15 is 0 Å². The molecule has 1 aromatic carbocycles. The molecule has 0 bridgehead atoms. The molecule has 2 nitrogen and oxygen atoms in total. The maximum absolute atomic E-state index is 10.00. The molecule has 1 aliphatic rings. The second kappa shape index (κ2) is 4.43. The normalized spacial score (nSPS) is 23.7. The smallest absolute Gasteiger partial charge is 0.105 e. The van der Waals surface area contributed by atoms with Gasteiger partial charge in [-0.2, -0.15) is 0 Å². The average Bonchev–Trinajstić information content (AvgIpc) is 2.69. The number of halogens is 1. The van der Waals surface area contributed by atoms with Crippen molar-refractivity contribution in [2.45, 2.75) is 25.0 Å². The summed E-state index contributed by atoms with van der Waals surface area (Å²) in [5.41, 5.74) is 0.922. The van der Waals surface area contributed by atoms with Crippen LogP contribution in [0.5, 0.6) is 0 Å². The third-order valence-electron chi connectivity index (χ3n) is 2.51. The topological polar surface area (TPSA) is 29.5 Å². The van der Waals surface area contributed by atoms with E-state index < -0.39 is 6.10 Å². The predicted octanol–water partition coefficient (Wildman–Crippen LogP) is 2.66. The molecule has 14 heavy (non-hydrogen) atoms. The molecule has 2 unspecified atom stereocenters. The highest BCUT2D eigenvalue weighted by atomic mass is 79.9. The number of hydrogen-bond donors (Lipinski definition) is 1. The third-order valence-corrected chi connectivity index (χ3v) is 3.00. The van der Waals surface area contributed by atoms with Crippen LogP contribution in [0.2, 0.25) is 0 Å². The number of ether oxygens (including phenoxy) is 1. The Morgan fingerprint density at radius 2 is 2.36 bits per heavy atom. The lowest BCUT2D eigenvalue weighted by Crippen LogP contribution is -2.16. The predicted molar refractivity (Wildman–Crippen MR) is 58.1 cm³/mol. The lowest BCUT2D eigenvalue weighted by Gasteiger charge is -2.17. The van der Waals surface area contributed by atoms with E-state index in [-0.39, 0.29) is 6.10 Å². The van der Waals surface area contributed by atoms with Gasteiger partial charge >= 0.3 is 0 Å². The van der Waals surface area contributed by atoms with Gasteiger partial charge in [-0.25, -0.2) is 0 Å². The summed E-state index contributed by atoms with van der Waals surface area (Å²) in [5.74, 6) is 0. The van der Waals surface area contributed by atoms with Crippen molar-refractivity contribution in [1.29, 1.82) is 0 Å². The Morgan fingerprint density at radius 1 is 1.50 bits per heavy atom. The van der Waals surface area contributed by atoms with Crippen LogP contribution in [0, 0.1) is 0 Å². The number of aliphatic hydroxyl groups is 1. The van der Waals surface area contributed by atoms with Crippen molar-refractivity contribution in [3.8, 4) is 0 Å². The average molecular weight is 257 g/mol. The number of benzene rings is 1. The van der Waals surface area contributed by atoms with E-state index in [1.807, 2.05) is 24.3 Å². The highest BCUT2D eigenvalue weighted by molar-refractivity contribution is 9.10. The van der Waals surface area contributed by atoms with Gasteiger partial charge in [0, 0.05) is 11.1 Å². The Bertz CT molecular complexity index is 308. The molecule has 0 spiro atoms. The largest absolute Gasteiger partial charge is 0.386 e. The molecule has 1 aromatic rings. The molecule has 3 heteroatoms. The fourth-order valence-corrected chi connectivity index (χ4v) is 2.17. The maximum Gasteiger partial charge on any atom is 0.105 e. The number of aliphatic hydroxyl groups excluding tert-OH is 1. The standard InChI is InChI=1S/C11H13BrO2/c12-9-4-1-3-8(7-9)11(13)10-5-2-6-14-10/h1,3-4,7,10-11,13H,2,5-6H2. The Hall–Kier alpha value is -0.380. The Morgan fingerprint density at radius 3 is 3.00 bits per heavy atom.